The third-order valence-corrected chi connectivity index (χ3v) is 5.34. The van der Waals surface area contributed by atoms with Crippen molar-refractivity contribution >= 4 is 17.6 Å². The number of para-hydroxylation sites is 1. The standard InChI is InChI=1S/C22H27FN4O2/c1-17(18-8-10-19(23)11-9-18)25(2)16-21(28)26-12-14-27(15-13-26)22(29)24-20-6-4-3-5-7-20/h3-11,17H,12-16H2,1-2H3,(H,24,29). The highest BCUT2D eigenvalue weighted by Gasteiger charge is 2.25. The van der Waals surface area contributed by atoms with Crippen molar-refractivity contribution < 1.29 is 14.0 Å². The molecule has 1 aliphatic rings. The van der Waals surface area contributed by atoms with Gasteiger partial charge in [-0.2, -0.15) is 0 Å². The van der Waals surface area contributed by atoms with Crippen LogP contribution in [0.15, 0.2) is 54.6 Å². The number of carbonyl (C=O) groups is 2. The molecule has 0 radical (unpaired) electrons. The molecule has 29 heavy (non-hydrogen) atoms. The number of anilines is 1. The van der Waals surface area contributed by atoms with Crippen molar-refractivity contribution in [2.24, 2.45) is 0 Å². The summed E-state index contributed by atoms with van der Waals surface area (Å²) >= 11 is 0. The van der Waals surface area contributed by atoms with Crippen LogP contribution >= 0.6 is 0 Å². The third-order valence-electron chi connectivity index (χ3n) is 5.34. The molecule has 154 valence electrons. The summed E-state index contributed by atoms with van der Waals surface area (Å²) < 4.78 is 13.1. The lowest BCUT2D eigenvalue weighted by Gasteiger charge is -2.36. The van der Waals surface area contributed by atoms with E-state index < -0.39 is 0 Å². The van der Waals surface area contributed by atoms with Crippen LogP contribution in [0.1, 0.15) is 18.5 Å². The molecule has 0 aromatic heterocycles. The van der Waals surface area contributed by atoms with Crippen molar-refractivity contribution in [2.45, 2.75) is 13.0 Å². The predicted molar refractivity (Wildman–Crippen MR) is 111 cm³/mol. The molecular weight excluding hydrogens is 371 g/mol. The Hall–Kier alpha value is -2.93. The van der Waals surface area contributed by atoms with Gasteiger partial charge in [-0.05, 0) is 43.8 Å². The zero-order chi connectivity index (χ0) is 20.8. The molecule has 1 saturated heterocycles. The van der Waals surface area contributed by atoms with Crippen LogP contribution in [0.3, 0.4) is 0 Å². The lowest BCUT2D eigenvalue weighted by atomic mass is 10.1. The van der Waals surface area contributed by atoms with Crippen molar-refractivity contribution in [3.05, 3.63) is 66.0 Å². The van der Waals surface area contributed by atoms with Crippen LogP contribution in [-0.4, -0.2) is 66.4 Å². The largest absolute Gasteiger partial charge is 0.338 e. The molecule has 7 heteroatoms. The highest BCUT2D eigenvalue weighted by molar-refractivity contribution is 5.89. The number of hydrogen-bond donors (Lipinski definition) is 1. The number of benzene rings is 2. The topological polar surface area (TPSA) is 55.9 Å². The molecule has 1 fully saturated rings. The minimum Gasteiger partial charge on any atom is -0.338 e. The van der Waals surface area contributed by atoms with Gasteiger partial charge in [0.05, 0.1) is 6.54 Å². The van der Waals surface area contributed by atoms with Gasteiger partial charge < -0.3 is 15.1 Å². The summed E-state index contributed by atoms with van der Waals surface area (Å²) in [5, 5.41) is 2.87. The van der Waals surface area contributed by atoms with Crippen molar-refractivity contribution in [2.75, 3.05) is 45.1 Å². The van der Waals surface area contributed by atoms with Crippen LogP contribution in [-0.2, 0) is 4.79 Å². The highest BCUT2D eigenvalue weighted by Crippen LogP contribution is 2.19. The Morgan fingerprint density at radius 2 is 1.59 bits per heavy atom. The Balaban J connectivity index is 1.46. The number of urea groups is 1. The molecule has 3 rings (SSSR count). The van der Waals surface area contributed by atoms with E-state index in [1.165, 1.54) is 12.1 Å². The minimum absolute atomic E-state index is 0.00232. The first-order chi connectivity index (χ1) is 13.9. The van der Waals surface area contributed by atoms with Crippen LogP contribution in [0, 0.1) is 5.82 Å². The average molecular weight is 398 g/mol. The molecular formula is C22H27FN4O2. The van der Waals surface area contributed by atoms with Gasteiger partial charge in [0, 0.05) is 37.9 Å². The fraction of sp³-hybridized carbons (Fsp3) is 0.364. The van der Waals surface area contributed by atoms with Gasteiger partial charge in [-0.3, -0.25) is 9.69 Å². The number of rotatable bonds is 5. The Kier molecular flexibility index (Phi) is 6.82. The van der Waals surface area contributed by atoms with Gasteiger partial charge in [0.2, 0.25) is 5.91 Å². The second-order valence-corrected chi connectivity index (χ2v) is 7.31. The van der Waals surface area contributed by atoms with Gasteiger partial charge in [0.1, 0.15) is 5.82 Å². The van der Waals surface area contributed by atoms with E-state index in [2.05, 4.69) is 5.32 Å². The van der Waals surface area contributed by atoms with Crippen molar-refractivity contribution in [1.82, 2.24) is 14.7 Å². The molecule has 0 aliphatic carbocycles. The molecule has 1 atom stereocenters. The number of nitrogens with one attached hydrogen (secondary N) is 1. The summed E-state index contributed by atoms with van der Waals surface area (Å²) in [6.07, 6.45) is 0. The van der Waals surface area contributed by atoms with E-state index in [0.29, 0.717) is 26.2 Å². The smallest absolute Gasteiger partial charge is 0.321 e. The predicted octanol–water partition coefficient (Wildman–Crippen LogP) is 3.19. The molecule has 1 N–H and O–H groups in total. The number of amides is 3. The van der Waals surface area contributed by atoms with Gasteiger partial charge in [-0.15, -0.1) is 0 Å². The zero-order valence-electron chi connectivity index (χ0n) is 16.8. The SMILES string of the molecule is CC(c1ccc(F)cc1)N(C)CC(=O)N1CCN(C(=O)Nc2ccccc2)CC1. The van der Waals surface area contributed by atoms with Crippen LogP contribution in [0.2, 0.25) is 0 Å². The van der Waals surface area contributed by atoms with E-state index in [1.54, 1.807) is 21.9 Å². The Morgan fingerprint density at radius 3 is 2.21 bits per heavy atom. The Bertz CT molecular complexity index is 820. The van der Waals surface area contributed by atoms with E-state index in [-0.39, 0.29) is 30.3 Å². The quantitative estimate of drug-likeness (QED) is 0.842. The number of carbonyl (C=O) groups excluding carboxylic acids is 2. The fourth-order valence-corrected chi connectivity index (χ4v) is 3.33. The molecule has 2 aromatic rings. The third kappa shape index (κ3) is 5.54. The van der Waals surface area contributed by atoms with Crippen LogP contribution in [0.5, 0.6) is 0 Å². The highest BCUT2D eigenvalue weighted by atomic mass is 19.1. The normalized spacial score (nSPS) is 15.3. The first-order valence-electron chi connectivity index (χ1n) is 9.78. The Morgan fingerprint density at radius 1 is 1.00 bits per heavy atom. The molecule has 6 nitrogen and oxygen atoms in total. The maximum Gasteiger partial charge on any atom is 0.321 e. The molecule has 1 aliphatic heterocycles. The summed E-state index contributed by atoms with van der Waals surface area (Å²) in [5.41, 5.74) is 1.72. The summed E-state index contributed by atoms with van der Waals surface area (Å²) in [7, 11) is 1.88. The van der Waals surface area contributed by atoms with E-state index in [4.69, 9.17) is 0 Å². The number of hydrogen-bond acceptors (Lipinski definition) is 3. The number of piperazine rings is 1. The van der Waals surface area contributed by atoms with Gasteiger partial charge in [-0.25, -0.2) is 9.18 Å². The van der Waals surface area contributed by atoms with Gasteiger partial charge in [0.15, 0.2) is 0 Å². The maximum atomic E-state index is 13.1. The van der Waals surface area contributed by atoms with Gasteiger partial charge in [0.25, 0.3) is 0 Å². The van der Waals surface area contributed by atoms with E-state index in [9.17, 15) is 14.0 Å². The molecule has 1 unspecified atom stereocenters. The zero-order valence-corrected chi connectivity index (χ0v) is 16.8. The molecule has 1 heterocycles. The van der Waals surface area contributed by atoms with E-state index in [1.807, 2.05) is 49.2 Å². The van der Waals surface area contributed by atoms with Crippen molar-refractivity contribution in [3.63, 3.8) is 0 Å². The molecule has 0 spiro atoms. The number of likely N-dealkylation sites (N-methyl/N-ethyl adjacent to an activating group) is 1. The molecule has 2 aromatic carbocycles. The second kappa shape index (κ2) is 9.52. The number of nitrogens with zero attached hydrogens (tertiary/aromatic N) is 3. The first-order valence-corrected chi connectivity index (χ1v) is 9.78. The lowest BCUT2D eigenvalue weighted by Crippen LogP contribution is -2.53. The average Bonchev–Trinajstić information content (AvgIpc) is 2.74. The summed E-state index contributed by atoms with van der Waals surface area (Å²) in [5.74, 6) is -0.238. The van der Waals surface area contributed by atoms with Crippen molar-refractivity contribution in [3.8, 4) is 0 Å². The lowest BCUT2D eigenvalue weighted by molar-refractivity contribution is -0.134. The number of halogens is 1. The van der Waals surface area contributed by atoms with Crippen molar-refractivity contribution in [1.29, 1.82) is 0 Å². The maximum absolute atomic E-state index is 13.1. The molecule has 0 saturated carbocycles. The van der Waals surface area contributed by atoms with Crippen LogP contribution in [0.4, 0.5) is 14.9 Å². The first kappa shape index (κ1) is 20.8. The van der Waals surface area contributed by atoms with E-state index >= 15 is 0 Å². The van der Waals surface area contributed by atoms with E-state index in [0.717, 1.165) is 11.3 Å². The van der Waals surface area contributed by atoms with Crippen LogP contribution in [0.25, 0.3) is 0 Å². The fourth-order valence-electron chi connectivity index (χ4n) is 3.33. The summed E-state index contributed by atoms with van der Waals surface area (Å²) in [6, 6.07) is 15.5. The van der Waals surface area contributed by atoms with Gasteiger partial charge in [-0.1, -0.05) is 30.3 Å². The Labute approximate surface area is 170 Å². The van der Waals surface area contributed by atoms with Crippen LogP contribution < -0.4 is 5.32 Å². The monoisotopic (exact) mass is 398 g/mol. The summed E-state index contributed by atoms with van der Waals surface area (Å²) in [4.78, 5) is 30.5. The molecule has 0 bridgehead atoms. The summed E-state index contributed by atoms with van der Waals surface area (Å²) in [6.45, 7) is 4.30. The minimum atomic E-state index is -0.270. The van der Waals surface area contributed by atoms with Gasteiger partial charge >= 0.3 is 6.03 Å². The molecule has 3 amide bonds. The second-order valence-electron chi connectivity index (χ2n) is 7.31.